The number of hydrogen-bond donors (Lipinski definition) is 1. The van der Waals surface area contributed by atoms with E-state index < -0.39 is 0 Å². The molecule has 0 unspecified atom stereocenters. The van der Waals surface area contributed by atoms with E-state index in [0.717, 1.165) is 28.9 Å². The summed E-state index contributed by atoms with van der Waals surface area (Å²) in [7, 11) is 0. The minimum absolute atomic E-state index is 0.0781. The van der Waals surface area contributed by atoms with Crippen molar-refractivity contribution in [1.29, 1.82) is 0 Å². The Bertz CT molecular complexity index is 981. The highest BCUT2D eigenvalue weighted by atomic mass is 16.2. The first-order valence-corrected chi connectivity index (χ1v) is 10.4. The average Bonchev–Trinajstić information content (AvgIpc) is 2.76. The number of anilines is 2. The van der Waals surface area contributed by atoms with Gasteiger partial charge < -0.3 is 10.2 Å². The molecule has 1 heterocycles. The number of aryl methyl sites for hydroxylation is 1. The second-order valence-electron chi connectivity index (χ2n) is 7.92. The maximum absolute atomic E-state index is 13.6. The Morgan fingerprint density at radius 3 is 2.28 bits per heavy atom. The first-order chi connectivity index (χ1) is 14.1. The van der Waals surface area contributed by atoms with Gasteiger partial charge in [-0.15, -0.1) is 0 Å². The number of carbonyl (C=O) groups is 1. The van der Waals surface area contributed by atoms with Crippen molar-refractivity contribution in [2.75, 3.05) is 10.2 Å². The molecular formula is C26H28N2O. The first kappa shape index (κ1) is 19.3. The number of rotatable bonds is 4. The summed E-state index contributed by atoms with van der Waals surface area (Å²) >= 11 is 0. The summed E-state index contributed by atoms with van der Waals surface area (Å²) in [6, 6.07) is 26.8. The molecule has 3 nitrogen and oxygen atoms in total. The molecule has 1 N–H and O–H groups in total. The van der Waals surface area contributed by atoms with Crippen LogP contribution in [0.25, 0.3) is 0 Å². The summed E-state index contributed by atoms with van der Waals surface area (Å²) in [5.74, 6) is 0.346. The van der Waals surface area contributed by atoms with Crippen LogP contribution in [0.15, 0.2) is 78.9 Å². The molecule has 0 radical (unpaired) electrons. The van der Waals surface area contributed by atoms with Crippen molar-refractivity contribution in [1.82, 2.24) is 0 Å². The lowest BCUT2D eigenvalue weighted by Crippen LogP contribution is -2.50. The van der Waals surface area contributed by atoms with Gasteiger partial charge in [0.1, 0.15) is 0 Å². The Morgan fingerprint density at radius 2 is 1.59 bits per heavy atom. The zero-order chi connectivity index (χ0) is 20.4. The molecule has 3 atom stereocenters. The van der Waals surface area contributed by atoms with E-state index in [2.05, 4.69) is 49.5 Å². The summed E-state index contributed by atoms with van der Waals surface area (Å²) in [5, 5.41) is 3.72. The molecule has 3 aromatic rings. The predicted molar refractivity (Wildman–Crippen MR) is 120 cm³/mol. The van der Waals surface area contributed by atoms with Crippen molar-refractivity contribution in [3.63, 3.8) is 0 Å². The lowest BCUT2D eigenvalue weighted by atomic mass is 9.80. The van der Waals surface area contributed by atoms with E-state index in [0.29, 0.717) is 0 Å². The molecule has 0 aromatic heterocycles. The fourth-order valence-corrected chi connectivity index (χ4v) is 4.46. The van der Waals surface area contributed by atoms with Gasteiger partial charge in [0.2, 0.25) is 0 Å². The van der Waals surface area contributed by atoms with Crippen molar-refractivity contribution in [2.45, 2.75) is 39.3 Å². The van der Waals surface area contributed by atoms with Crippen LogP contribution in [-0.2, 0) is 0 Å². The minimum atomic E-state index is 0.0781. The van der Waals surface area contributed by atoms with E-state index >= 15 is 0 Å². The largest absolute Gasteiger partial charge is 0.378 e. The van der Waals surface area contributed by atoms with Crippen LogP contribution in [0.5, 0.6) is 0 Å². The Balaban J connectivity index is 1.76. The van der Waals surface area contributed by atoms with E-state index in [1.807, 2.05) is 60.4 Å². The average molecular weight is 385 g/mol. The smallest absolute Gasteiger partial charge is 0.258 e. The quantitative estimate of drug-likeness (QED) is 0.579. The van der Waals surface area contributed by atoms with Crippen LogP contribution >= 0.6 is 0 Å². The molecule has 3 heteroatoms. The predicted octanol–water partition coefficient (Wildman–Crippen LogP) is 6.22. The van der Waals surface area contributed by atoms with E-state index in [4.69, 9.17) is 0 Å². The van der Waals surface area contributed by atoms with Gasteiger partial charge in [-0.3, -0.25) is 4.79 Å². The van der Waals surface area contributed by atoms with Crippen LogP contribution in [0.1, 0.15) is 47.8 Å². The van der Waals surface area contributed by atoms with Crippen molar-refractivity contribution >= 4 is 17.3 Å². The molecule has 0 saturated carbocycles. The Hall–Kier alpha value is -3.07. The summed E-state index contributed by atoms with van der Waals surface area (Å²) < 4.78 is 0. The van der Waals surface area contributed by atoms with Crippen LogP contribution < -0.4 is 10.2 Å². The van der Waals surface area contributed by atoms with Gasteiger partial charge in [-0.2, -0.15) is 0 Å². The van der Waals surface area contributed by atoms with Crippen LogP contribution in [0.4, 0.5) is 11.4 Å². The monoisotopic (exact) mass is 384 g/mol. The molecular weight excluding hydrogens is 356 g/mol. The van der Waals surface area contributed by atoms with Crippen LogP contribution in [-0.4, -0.2) is 11.9 Å². The molecule has 4 rings (SSSR count). The van der Waals surface area contributed by atoms with Crippen LogP contribution in [0.3, 0.4) is 0 Å². The molecule has 0 saturated heterocycles. The third-order valence-corrected chi connectivity index (χ3v) is 6.03. The highest BCUT2D eigenvalue weighted by Gasteiger charge is 2.40. The first-order valence-electron chi connectivity index (χ1n) is 10.4. The molecule has 0 bridgehead atoms. The zero-order valence-electron chi connectivity index (χ0n) is 17.3. The molecule has 1 aliphatic rings. The molecule has 29 heavy (non-hydrogen) atoms. The minimum Gasteiger partial charge on any atom is -0.378 e. The third kappa shape index (κ3) is 3.65. The van der Waals surface area contributed by atoms with E-state index in [1.54, 1.807) is 0 Å². The topological polar surface area (TPSA) is 32.3 Å². The third-order valence-electron chi connectivity index (χ3n) is 6.03. The van der Waals surface area contributed by atoms with E-state index in [-0.39, 0.29) is 23.9 Å². The molecule has 148 valence electrons. The van der Waals surface area contributed by atoms with Gasteiger partial charge >= 0.3 is 0 Å². The number of carbonyl (C=O) groups excluding carboxylic acids is 1. The Morgan fingerprint density at radius 1 is 0.931 bits per heavy atom. The van der Waals surface area contributed by atoms with E-state index in [9.17, 15) is 4.79 Å². The number of nitrogens with one attached hydrogen (secondary N) is 1. The number of hydrogen-bond acceptors (Lipinski definition) is 2. The number of fused-ring (bicyclic) bond motifs is 1. The van der Waals surface area contributed by atoms with Crippen LogP contribution in [0, 0.1) is 12.8 Å². The summed E-state index contributed by atoms with van der Waals surface area (Å²) in [5.41, 5.74) is 5.19. The van der Waals surface area contributed by atoms with Gasteiger partial charge in [0.15, 0.2) is 0 Å². The Kier molecular flexibility index (Phi) is 5.39. The van der Waals surface area contributed by atoms with Gasteiger partial charge in [-0.1, -0.05) is 67.9 Å². The second kappa shape index (κ2) is 8.12. The molecule has 0 aliphatic carbocycles. The lowest BCUT2D eigenvalue weighted by Gasteiger charge is -2.45. The number of benzene rings is 3. The number of amides is 1. The Labute approximate surface area is 173 Å². The fourth-order valence-electron chi connectivity index (χ4n) is 4.46. The summed E-state index contributed by atoms with van der Waals surface area (Å²) in [6.45, 7) is 6.46. The fraction of sp³-hybridized carbons (Fsp3) is 0.269. The normalized spacial score (nSPS) is 20.8. The molecule has 0 fully saturated rings. The number of para-hydroxylation sites is 2. The maximum Gasteiger partial charge on any atom is 0.258 e. The van der Waals surface area contributed by atoms with Crippen LogP contribution in [0.2, 0.25) is 0 Å². The second-order valence-corrected chi connectivity index (χ2v) is 7.92. The maximum atomic E-state index is 13.6. The lowest BCUT2D eigenvalue weighted by molar-refractivity contribution is 0.0960. The highest BCUT2D eigenvalue weighted by Crippen LogP contribution is 2.43. The van der Waals surface area contributed by atoms with Gasteiger partial charge in [0.05, 0.1) is 6.04 Å². The van der Waals surface area contributed by atoms with Crippen molar-refractivity contribution < 1.29 is 4.79 Å². The van der Waals surface area contributed by atoms with Crippen molar-refractivity contribution in [3.8, 4) is 0 Å². The standard InChI is InChI=1S/C26H28N2O/c1-4-23-19(3)25(27-21-10-6-5-7-11-21)22-12-8-9-13-24(22)28(23)26(29)20-16-14-18(2)15-17-20/h5-17,19,23,25,27H,4H2,1-3H3/t19-,23+,25-/m1/s1. The summed E-state index contributed by atoms with van der Waals surface area (Å²) in [4.78, 5) is 15.6. The molecule has 3 aromatic carbocycles. The van der Waals surface area contributed by atoms with Crippen molar-refractivity contribution in [3.05, 3.63) is 95.6 Å². The molecule has 1 amide bonds. The van der Waals surface area contributed by atoms with Gasteiger partial charge in [-0.25, -0.2) is 0 Å². The molecule has 1 aliphatic heterocycles. The molecule has 0 spiro atoms. The number of nitrogens with zero attached hydrogens (tertiary/aromatic N) is 1. The SMILES string of the molecule is CC[C@H]1[C@@H](C)[C@@H](Nc2ccccc2)c2ccccc2N1C(=O)c1ccc(C)cc1. The van der Waals surface area contributed by atoms with Gasteiger partial charge in [0.25, 0.3) is 5.91 Å². The summed E-state index contributed by atoms with van der Waals surface area (Å²) in [6.07, 6.45) is 0.903. The zero-order valence-corrected chi connectivity index (χ0v) is 17.3. The highest BCUT2D eigenvalue weighted by molar-refractivity contribution is 6.07. The van der Waals surface area contributed by atoms with Gasteiger partial charge in [0, 0.05) is 28.9 Å². The van der Waals surface area contributed by atoms with E-state index in [1.165, 1.54) is 5.56 Å². The van der Waals surface area contributed by atoms with Crippen molar-refractivity contribution in [2.24, 2.45) is 5.92 Å². The van der Waals surface area contributed by atoms with Gasteiger partial charge in [-0.05, 0) is 49.2 Å².